The second-order valence-electron chi connectivity index (χ2n) is 6.46. The molecule has 0 saturated carbocycles. The van der Waals surface area contributed by atoms with Crippen LogP contribution in [0.4, 0.5) is 13.2 Å². The highest BCUT2D eigenvalue weighted by Crippen LogP contribution is 2.29. The number of methoxy groups -OCH3 is 1. The van der Waals surface area contributed by atoms with E-state index in [2.05, 4.69) is 15.5 Å². The third-order valence-corrected chi connectivity index (χ3v) is 4.72. The van der Waals surface area contributed by atoms with Crippen molar-refractivity contribution in [1.29, 1.82) is 0 Å². The van der Waals surface area contributed by atoms with Gasteiger partial charge in [-0.05, 0) is 54.2 Å². The first-order chi connectivity index (χ1) is 14.3. The second kappa shape index (κ2) is 9.12. The molecule has 0 radical (unpaired) electrons. The first kappa shape index (κ1) is 21.6. The number of halogens is 3. The first-order valence-electron chi connectivity index (χ1n) is 9.00. The molecule has 10 heteroatoms. The molecular formula is C20H19F3N4O2S. The average Bonchev–Trinajstić information content (AvgIpc) is 3.10. The van der Waals surface area contributed by atoms with Gasteiger partial charge in [0.05, 0.1) is 12.7 Å². The van der Waals surface area contributed by atoms with Crippen LogP contribution in [0.25, 0.3) is 11.4 Å². The van der Waals surface area contributed by atoms with Gasteiger partial charge in [-0.3, -0.25) is 14.5 Å². The monoisotopic (exact) mass is 436 g/mol. The zero-order valence-electron chi connectivity index (χ0n) is 16.0. The Balaban J connectivity index is 1.61. The Morgan fingerprint density at radius 2 is 1.97 bits per heavy atom. The zero-order chi connectivity index (χ0) is 21.7. The van der Waals surface area contributed by atoms with Gasteiger partial charge in [-0.25, -0.2) is 0 Å². The Morgan fingerprint density at radius 1 is 1.23 bits per heavy atom. The molecule has 0 atom stereocenters. The van der Waals surface area contributed by atoms with Gasteiger partial charge in [0.1, 0.15) is 5.75 Å². The van der Waals surface area contributed by atoms with E-state index in [0.717, 1.165) is 17.7 Å². The maximum atomic E-state index is 12.8. The largest absolute Gasteiger partial charge is 0.497 e. The normalized spacial score (nSPS) is 11.3. The molecule has 0 aliphatic heterocycles. The predicted molar refractivity (Wildman–Crippen MR) is 107 cm³/mol. The molecule has 158 valence electrons. The number of hydrogen-bond acceptors (Lipinski definition) is 4. The van der Waals surface area contributed by atoms with Crippen molar-refractivity contribution in [2.75, 3.05) is 7.11 Å². The number of alkyl halides is 3. The summed E-state index contributed by atoms with van der Waals surface area (Å²) in [5, 5.41) is 9.56. The smallest absolute Gasteiger partial charge is 0.416 e. The summed E-state index contributed by atoms with van der Waals surface area (Å²) in [6, 6.07) is 12.1. The number of H-pyrrole nitrogens is 1. The number of aromatic amines is 1. The van der Waals surface area contributed by atoms with Crippen molar-refractivity contribution in [2.24, 2.45) is 0 Å². The summed E-state index contributed by atoms with van der Waals surface area (Å²) in [5.74, 6) is 0.970. The summed E-state index contributed by atoms with van der Waals surface area (Å²) in [4.78, 5) is 12.2. The highest BCUT2D eigenvalue weighted by molar-refractivity contribution is 7.71. The third-order valence-electron chi connectivity index (χ3n) is 4.41. The van der Waals surface area contributed by atoms with Crippen molar-refractivity contribution in [3.63, 3.8) is 0 Å². The number of aromatic nitrogens is 3. The first-order valence-corrected chi connectivity index (χ1v) is 9.41. The number of hydrogen-bond donors (Lipinski definition) is 2. The van der Waals surface area contributed by atoms with Crippen molar-refractivity contribution < 1.29 is 22.7 Å². The number of ether oxygens (including phenoxy) is 1. The van der Waals surface area contributed by atoms with Crippen LogP contribution in [0.3, 0.4) is 0 Å². The molecule has 0 saturated heterocycles. The van der Waals surface area contributed by atoms with Crippen LogP contribution >= 0.6 is 12.2 Å². The lowest BCUT2D eigenvalue weighted by Crippen LogP contribution is -2.24. The quantitative estimate of drug-likeness (QED) is 0.541. The summed E-state index contributed by atoms with van der Waals surface area (Å²) in [5.41, 5.74) is 0.424. The summed E-state index contributed by atoms with van der Waals surface area (Å²) in [6.45, 7) is 0.274. The summed E-state index contributed by atoms with van der Waals surface area (Å²) >= 11 is 5.25. The summed E-state index contributed by atoms with van der Waals surface area (Å²) in [6.07, 6.45) is -4.33. The van der Waals surface area contributed by atoms with Crippen LogP contribution in [0.5, 0.6) is 5.75 Å². The molecule has 0 bridgehead atoms. The topological polar surface area (TPSA) is 71.9 Å². The molecule has 2 N–H and O–H groups in total. The molecule has 1 aromatic heterocycles. The Kier molecular flexibility index (Phi) is 6.56. The fourth-order valence-electron chi connectivity index (χ4n) is 2.85. The molecule has 0 spiro atoms. The van der Waals surface area contributed by atoms with E-state index >= 15 is 0 Å². The van der Waals surface area contributed by atoms with Crippen LogP contribution in [0.1, 0.15) is 17.5 Å². The number of benzene rings is 2. The van der Waals surface area contributed by atoms with Crippen LogP contribution in [0.15, 0.2) is 48.5 Å². The highest BCUT2D eigenvalue weighted by atomic mass is 32.1. The maximum absolute atomic E-state index is 12.8. The molecule has 0 aliphatic carbocycles. The van der Waals surface area contributed by atoms with Gasteiger partial charge < -0.3 is 10.1 Å². The number of carbonyl (C=O) groups excluding carboxylic acids is 1. The molecule has 0 fully saturated rings. The van der Waals surface area contributed by atoms with E-state index in [4.69, 9.17) is 17.0 Å². The maximum Gasteiger partial charge on any atom is 0.416 e. The predicted octanol–water partition coefficient (Wildman–Crippen LogP) is 4.34. The van der Waals surface area contributed by atoms with Crippen LogP contribution in [0.2, 0.25) is 0 Å². The Morgan fingerprint density at radius 3 is 2.63 bits per heavy atom. The third kappa shape index (κ3) is 5.26. The molecular weight excluding hydrogens is 417 g/mol. The number of amides is 1. The lowest BCUT2D eigenvalue weighted by atomic mass is 10.1. The van der Waals surface area contributed by atoms with Gasteiger partial charge >= 0.3 is 6.18 Å². The van der Waals surface area contributed by atoms with E-state index in [1.807, 2.05) is 12.1 Å². The molecule has 0 unspecified atom stereocenters. The Labute approximate surface area is 175 Å². The molecule has 0 aliphatic rings. The molecule has 6 nitrogen and oxygen atoms in total. The minimum absolute atomic E-state index is 0.00484. The minimum atomic E-state index is -4.42. The Bertz CT molecular complexity index is 1070. The number of carbonyl (C=O) groups is 1. The average molecular weight is 436 g/mol. The van der Waals surface area contributed by atoms with Crippen molar-refractivity contribution in [3.05, 3.63) is 64.4 Å². The number of rotatable bonds is 7. The zero-order valence-corrected chi connectivity index (χ0v) is 16.8. The van der Waals surface area contributed by atoms with E-state index in [1.165, 1.54) is 12.1 Å². The SMILES string of the molecule is COc1ccc(-c2n[nH]c(=S)n2CCC(=O)NCc2cccc(C(F)(F)F)c2)cc1. The van der Waals surface area contributed by atoms with Crippen LogP contribution in [0, 0.1) is 4.77 Å². The lowest BCUT2D eigenvalue weighted by Gasteiger charge is -2.10. The van der Waals surface area contributed by atoms with E-state index in [0.29, 0.717) is 21.9 Å². The van der Waals surface area contributed by atoms with E-state index < -0.39 is 11.7 Å². The summed E-state index contributed by atoms with van der Waals surface area (Å²) in [7, 11) is 1.57. The van der Waals surface area contributed by atoms with Gasteiger partial charge in [-0.2, -0.15) is 18.3 Å². The van der Waals surface area contributed by atoms with E-state index in [9.17, 15) is 18.0 Å². The van der Waals surface area contributed by atoms with Crippen molar-refractivity contribution >= 4 is 18.1 Å². The van der Waals surface area contributed by atoms with Gasteiger partial charge in [0, 0.05) is 25.1 Å². The minimum Gasteiger partial charge on any atom is -0.497 e. The van der Waals surface area contributed by atoms with Crippen molar-refractivity contribution in [2.45, 2.75) is 25.7 Å². The number of nitrogens with one attached hydrogen (secondary N) is 2. The fourth-order valence-corrected chi connectivity index (χ4v) is 3.07. The number of nitrogens with zero attached hydrogens (tertiary/aromatic N) is 2. The molecule has 3 rings (SSSR count). The van der Waals surface area contributed by atoms with Gasteiger partial charge in [0.15, 0.2) is 10.6 Å². The molecule has 30 heavy (non-hydrogen) atoms. The Hall–Kier alpha value is -3.14. The fraction of sp³-hybridized carbons (Fsp3) is 0.250. The summed E-state index contributed by atoms with van der Waals surface area (Å²) < 4.78 is 45.6. The second-order valence-corrected chi connectivity index (χ2v) is 6.84. The van der Waals surface area contributed by atoms with Crippen molar-refractivity contribution in [3.8, 4) is 17.1 Å². The molecule has 1 amide bonds. The van der Waals surface area contributed by atoms with Crippen LogP contribution in [-0.2, 0) is 24.1 Å². The van der Waals surface area contributed by atoms with Gasteiger partial charge in [0.2, 0.25) is 5.91 Å². The highest BCUT2D eigenvalue weighted by Gasteiger charge is 2.30. The lowest BCUT2D eigenvalue weighted by molar-refractivity contribution is -0.137. The van der Waals surface area contributed by atoms with Crippen LogP contribution in [-0.4, -0.2) is 27.8 Å². The molecule has 3 aromatic rings. The standard InChI is InChI=1S/C20H19F3N4O2S/c1-29-16-7-5-14(6-8-16)18-25-26-19(30)27(18)10-9-17(28)24-12-13-3-2-4-15(11-13)20(21,22)23/h2-8,11H,9-10,12H2,1H3,(H,24,28)(H,26,30). The van der Waals surface area contributed by atoms with E-state index in [1.54, 1.807) is 23.8 Å². The van der Waals surface area contributed by atoms with Gasteiger partial charge in [-0.15, -0.1) is 0 Å². The van der Waals surface area contributed by atoms with Gasteiger partial charge in [-0.1, -0.05) is 12.1 Å². The molecule has 2 aromatic carbocycles. The van der Waals surface area contributed by atoms with E-state index in [-0.39, 0.29) is 25.4 Å². The van der Waals surface area contributed by atoms with Gasteiger partial charge in [0.25, 0.3) is 0 Å². The van der Waals surface area contributed by atoms with Crippen molar-refractivity contribution in [1.82, 2.24) is 20.1 Å². The molecule has 1 heterocycles. The van der Waals surface area contributed by atoms with Crippen LogP contribution < -0.4 is 10.1 Å².